The fourth-order valence-corrected chi connectivity index (χ4v) is 2.93. The molecular formula is C21H22N2O. The van der Waals surface area contributed by atoms with Crippen molar-refractivity contribution < 1.29 is 4.79 Å². The lowest BCUT2D eigenvalue weighted by atomic mass is 9.98. The van der Waals surface area contributed by atoms with Crippen LogP contribution in [0.15, 0.2) is 59.7 Å². The van der Waals surface area contributed by atoms with Gasteiger partial charge in [-0.1, -0.05) is 24.3 Å². The predicted octanol–water partition coefficient (Wildman–Crippen LogP) is 4.46. The third kappa shape index (κ3) is 3.93. The molecule has 1 fully saturated rings. The van der Waals surface area contributed by atoms with Crippen LogP contribution >= 0.6 is 0 Å². The Hall–Kier alpha value is -2.81. The molecule has 0 heterocycles. The van der Waals surface area contributed by atoms with Gasteiger partial charge in [0.2, 0.25) is 0 Å². The van der Waals surface area contributed by atoms with E-state index in [0.29, 0.717) is 0 Å². The number of rotatable bonds is 2. The number of hydrogen-bond acceptors (Lipinski definition) is 3. The molecule has 0 bridgehead atoms. The summed E-state index contributed by atoms with van der Waals surface area (Å²) in [4.78, 5) is 12.9. The SMILES string of the molecule is Nc1ccc(/C=C2\CCCC/C(=C\c3ccc(N)cc3)C2=O)cc1. The Balaban J connectivity index is 1.90. The van der Waals surface area contributed by atoms with Crippen molar-refractivity contribution in [1.82, 2.24) is 0 Å². The number of nitrogen functional groups attached to an aromatic ring is 2. The molecule has 24 heavy (non-hydrogen) atoms. The van der Waals surface area contributed by atoms with Gasteiger partial charge in [-0.25, -0.2) is 0 Å². The van der Waals surface area contributed by atoms with Crippen molar-refractivity contribution in [2.45, 2.75) is 25.7 Å². The van der Waals surface area contributed by atoms with Crippen molar-refractivity contribution in [1.29, 1.82) is 0 Å². The zero-order valence-electron chi connectivity index (χ0n) is 13.7. The first kappa shape index (κ1) is 16.1. The van der Waals surface area contributed by atoms with E-state index in [9.17, 15) is 4.79 Å². The van der Waals surface area contributed by atoms with Gasteiger partial charge in [-0.3, -0.25) is 4.79 Å². The van der Waals surface area contributed by atoms with Crippen LogP contribution < -0.4 is 11.5 Å². The zero-order valence-corrected chi connectivity index (χ0v) is 13.7. The van der Waals surface area contributed by atoms with E-state index in [1.807, 2.05) is 60.7 Å². The highest BCUT2D eigenvalue weighted by Gasteiger charge is 2.18. The maximum Gasteiger partial charge on any atom is 0.185 e. The van der Waals surface area contributed by atoms with Crippen LogP contribution in [-0.2, 0) is 4.79 Å². The number of allylic oxidation sites excluding steroid dienone is 2. The van der Waals surface area contributed by atoms with Gasteiger partial charge >= 0.3 is 0 Å². The Morgan fingerprint density at radius 1 is 0.667 bits per heavy atom. The van der Waals surface area contributed by atoms with Crippen LogP contribution in [0, 0.1) is 0 Å². The highest BCUT2D eigenvalue weighted by molar-refractivity contribution is 6.13. The molecule has 0 amide bonds. The molecule has 3 nitrogen and oxygen atoms in total. The van der Waals surface area contributed by atoms with Crippen LogP contribution in [0.25, 0.3) is 12.2 Å². The fraction of sp³-hybridized carbons (Fsp3) is 0.190. The van der Waals surface area contributed by atoms with Crippen LogP contribution in [0.2, 0.25) is 0 Å². The zero-order chi connectivity index (χ0) is 16.9. The Morgan fingerprint density at radius 3 is 1.42 bits per heavy atom. The highest BCUT2D eigenvalue weighted by atomic mass is 16.1. The van der Waals surface area contributed by atoms with Gasteiger partial charge < -0.3 is 11.5 Å². The topological polar surface area (TPSA) is 69.1 Å². The number of hydrogen-bond donors (Lipinski definition) is 2. The summed E-state index contributed by atoms with van der Waals surface area (Å²) in [6, 6.07) is 15.2. The van der Waals surface area contributed by atoms with Crippen LogP contribution in [0.3, 0.4) is 0 Å². The molecule has 0 spiro atoms. The molecule has 2 aromatic carbocycles. The summed E-state index contributed by atoms with van der Waals surface area (Å²) >= 11 is 0. The molecule has 4 N–H and O–H groups in total. The molecule has 122 valence electrons. The number of carbonyl (C=O) groups excluding carboxylic acids is 1. The summed E-state index contributed by atoms with van der Waals surface area (Å²) in [6.45, 7) is 0. The molecular weight excluding hydrogens is 296 g/mol. The van der Waals surface area contributed by atoms with Crippen molar-refractivity contribution >= 4 is 29.3 Å². The van der Waals surface area contributed by atoms with Crippen molar-refractivity contribution in [2.75, 3.05) is 11.5 Å². The number of ketones is 1. The minimum absolute atomic E-state index is 0.154. The lowest BCUT2D eigenvalue weighted by molar-refractivity contribution is -0.112. The van der Waals surface area contributed by atoms with Gasteiger partial charge in [0.15, 0.2) is 5.78 Å². The molecule has 0 atom stereocenters. The molecule has 0 aromatic heterocycles. The van der Waals surface area contributed by atoms with Crippen molar-refractivity contribution in [3.05, 3.63) is 70.8 Å². The standard InChI is InChI=1S/C21H22N2O/c22-19-9-5-15(6-10-19)13-17-3-1-2-4-18(21(17)24)14-16-7-11-20(23)12-8-16/h5-14H,1-4,22-23H2/b17-13+,18-14+. The van der Waals surface area contributed by atoms with Crippen molar-refractivity contribution in [2.24, 2.45) is 0 Å². The number of anilines is 2. The molecule has 0 saturated heterocycles. The number of nitrogens with two attached hydrogens (primary N) is 2. The molecule has 1 aliphatic rings. The second-order valence-corrected chi connectivity index (χ2v) is 6.21. The molecule has 1 aliphatic carbocycles. The Bertz CT molecular complexity index is 716. The van der Waals surface area contributed by atoms with Crippen LogP contribution in [-0.4, -0.2) is 5.78 Å². The van der Waals surface area contributed by atoms with Crippen molar-refractivity contribution in [3.63, 3.8) is 0 Å². The second kappa shape index (κ2) is 7.18. The molecule has 3 rings (SSSR count). The van der Waals surface area contributed by atoms with Crippen LogP contribution in [0.5, 0.6) is 0 Å². The first-order valence-electron chi connectivity index (χ1n) is 8.29. The van der Waals surface area contributed by atoms with E-state index in [4.69, 9.17) is 11.5 Å². The minimum atomic E-state index is 0.154. The average Bonchev–Trinajstić information content (AvgIpc) is 2.75. The van der Waals surface area contributed by atoms with Gasteiger partial charge in [-0.05, 0) is 73.2 Å². The summed E-state index contributed by atoms with van der Waals surface area (Å²) < 4.78 is 0. The molecule has 3 heteroatoms. The molecule has 1 saturated carbocycles. The summed E-state index contributed by atoms with van der Waals surface area (Å²) in [5, 5.41) is 0. The molecule has 0 unspecified atom stereocenters. The largest absolute Gasteiger partial charge is 0.399 e. The molecule has 2 aromatic rings. The van der Waals surface area contributed by atoms with Gasteiger partial charge in [0, 0.05) is 22.5 Å². The van der Waals surface area contributed by atoms with E-state index >= 15 is 0 Å². The number of benzene rings is 2. The van der Waals surface area contributed by atoms with E-state index < -0.39 is 0 Å². The van der Waals surface area contributed by atoms with Crippen LogP contribution in [0.4, 0.5) is 11.4 Å². The Labute approximate surface area is 142 Å². The van der Waals surface area contributed by atoms with Crippen LogP contribution in [0.1, 0.15) is 36.8 Å². The number of carbonyl (C=O) groups is 1. The third-order valence-electron chi connectivity index (χ3n) is 4.28. The minimum Gasteiger partial charge on any atom is -0.399 e. The van der Waals surface area contributed by atoms with Gasteiger partial charge in [-0.15, -0.1) is 0 Å². The van der Waals surface area contributed by atoms with E-state index in [-0.39, 0.29) is 5.78 Å². The van der Waals surface area contributed by atoms with E-state index in [0.717, 1.165) is 59.3 Å². The maximum atomic E-state index is 12.9. The predicted molar refractivity (Wildman–Crippen MR) is 101 cm³/mol. The summed E-state index contributed by atoms with van der Waals surface area (Å²) in [5.74, 6) is 0.154. The monoisotopic (exact) mass is 318 g/mol. The average molecular weight is 318 g/mol. The third-order valence-corrected chi connectivity index (χ3v) is 4.28. The smallest absolute Gasteiger partial charge is 0.185 e. The Kier molecular flexibility index (Phi) is 4.80. The summed E-state index contributed by atoms with van der Waals surface area (Å²) in [7, 11) is 0. The summed E-state index contributed by atoms with van der Waals surface area (Å²) in [6.07, 6.45) is 7.69. The first-order valence-corrected chi connectivity index (χ1v) is 8.29. The van der Waals surface area contributed by atoms with E-state index in [2.05, 4.69) is 0 Å². The maximum absolute atomic E-state index is 12.9. The molecule has 0 aliphatic heterocycles. The van der Waals surface area contributed by atoms with Crippen molar-refractivity contribution in [3.8, 4) is 0 Å². The van der Waals surface area contributed by atoms with Gasteiger partial charge in [-0.2, -0.15) is 0 Å². The van der Waals surface area contributed by atoms with E-state index in [1.54, 1.807) is 0 Å². The first-order chi connectivity index (χ1) is 11.6. The second-order valence-electron chi connectivity index (χ2n) is 6.21. The quantitative estimate of drug-likeness (QED) is 0.488. The van der Waals surface area contributed by atoms with Gasteiger partial charge in [0.1, 0.15) is 0 Å². The fourth-order valence-electron chi connectivity index (χ4n) is 2.93. The molecule has 0 radical (unpaired) electrons. The normalized spacial score (nSPS) is 18.8. The highest BCUT2D eigenvalue weighted by Crippen LogP contribution is 2.27. The van der Waals surface area contributed by atoms with E-state index in [1.165, 1.54) is 0 Å². The number of Topliss-reactive ketones (excluding diaryl/α,β-unsaturated/α-hetero) is 1. The van der Waals surface area contributed by atoms with Gasteiger partial charge in [0.05, 0.1) is 0 Å². The van der Waals surface area contributed by atoms with Gasteiger partial charge in [0.25, 0.3) is 0 Å². The summed E-state index contributed by atoms with van der Waals surface area (Å²) in [5.41, 5.74) is 16.7. The lowest BCUT2D eigenvalue weighted by Gasteiger charge is -2.06. The lowest BCUT2D eigenvalue weighted by Crippen LogP contribution is -2.04. The Morgan fingerprint density at radius 2 is 1.04 bits per heavy atom.